The van der Waals surface area contributed by atoms with E-state index in [1.54, 1.807) is 0 Å². The van der Waals surface area contributed by atoms with E-state index in [-0.39, 0.29) is 16.7 Å². The fourth-order valence-corrected chi connectivity index (χ4v) is 7.69. The molecule has 300 valence electrons. The van der Waals surface area contributed by atoms with E-state index in [0.717, 1.165) is 9.52 Å². The molecular weight excluding hydrogens is 851 g/mol. The summed E-state index contributed by atoms with van der Waals surface area (Å²) in [4.78, 5) is 0. The Morgan fingerprint density at radius 2 is 0.983 bits per heavy atom. The van der Waals surface area contributed by atoms with Gasteiger partial charge in [0.2, 0.25) is 0 Å². The Morgan fingerprint density at radius 1 is 0.525 bits per heavy atom. The van der Waals surface area contributed by atoms with Crippen LogP contribution in [0.4, 0.5) is 0 Å². The first-order valence-corrected chi connectivity index (χ1v) is 28.8. The van der Waals surface area contributed by atoms with E-state index in [1.807, 2.05) is 0 Å². The SMILES string of the molecule is CC(C)(C)c1ccc(-c2cccc3[cH-]c(C(c4ccccc4)c4ccccc4)cc23)cc1.C[Si]C.Cc1cc2c(-c3ccc(C(C)(C)C)cc3)ccc(C)c2[cH-]1.[Cl][Zr+2][Cl]. The van der Waals surface area contributed by atoms with Crippen molar-refractivity contribution >= 4 is 48.1 Å². The third-order valence-corrected chi connectivity index (χ3v) is 10.7. The van der Waals surface area contributed by atoms with Crippen molar-refractivity contribution in [3.05, 3.63) is 203 Å². The van der Waals surface area contributed by atoms with Crippen LogP contribution in [0, 0.1) is 13.8 Å². The van der Waals surface area contributed by atoms with Gasteiger partial charge < -0.3 is 0 Å². The zero-order valence-electron chi connectivity index (χ0n) is 36.4. The number of fused-ring (bicyclic) bond motifs is 2. The topological polar surface area (TPSA) is 0 Å². The fourth-order valence-electron chi connectivity index (χ4n) is 7.69. The molecule has 2 radical (unpaired) electrons. The Morgan fingerprint density at radius 3 is 1.44 bits per heavy atom. The minimum atomic E-state index is -0.826. The maximum atomic E-state index is 4.93. The maximum absolute atomic E-state index is 4.93. The first-order valence-electron chi connectivity index (χ1n) is 20.4. The molecule has 8 aromatic carbocycles. The summed E-state index contributed by atoms with van der Waals surface area (Å²) < 4.78 is 0. The van der Waals surface area contributed by atoms with Crippen LogP contribution < -0.4 is 0 Å². The summed E-state index contributed by atoms with van der Waals surface area (Å²) in [6.45, 7) is 22.2. The molecule has 0 saturated heterocycles. The average molecular weight is 909 g/mol. The van der Waals surface area contributed by atoms with E-state index >= 15 is 0 Å². The van der Waals surface area contributed by atoms with Crippen LogP contribution in [-0.4, -0.2) is 9.52 Å². The van der Waals surface area contributed by atoms with Crippen molar-refractivity contribution < 1.29 is 20.8 Å². The van der Waals surface area contributed by atoms with E-state index in [9.17, 15) is 0 Å². The summed E-state index contributed by atoms with van der Waals surface area (Å²) in [5.41, 5.74) is 15.0. The first-order chi connectivity index (χ1) is 28.2. The molecule has 0 aromatic heterocycles. The Hall–Kier alpha value is -3.78. The van der Waals surface area contributed by atoms with Crippen LogP contribution in [-0.2, 0) is 31.7 Å². The molecule has 0 fully saturated rings. The van der Waals surface area contributed by atoms with Crippen LogP contribution in [0.2, 0.25) is 13.1 Å². The van der Waals surface area contributed by atoms with Gasteiger partial charge in [-0.05, 0) is 44.2 Å². The standard InChI is InChI=1S/C32H29.C21H23.C2H6Si.2ClH.Zr/c1-32(2,3)28-19-17-23(18-20-28)29-16-10-15-26-21-27(22-30(26)29)31(24-11-6-4-7-12-24)25-13-8-5-9-14-25;1-14-12-19-15(2)6-11-18(20(19)13-14)16-7-9-17(10-8-16)21(3,4)5;1-3-2;;;/h4-22,31H,1-3H3;6-13H,1-5H3;1-2H3;2*1H;/q2*-1;;;;+4/p-2. The first kappa shape index (κ1) is 46.3. The zero-order valence-corrected chi connectivity index (χ0v) is 41.4. The van der Waals surface area contributed by atoms with Gasteiger partial charge in [0, 0.05) is 15.4 Å². The summed E-state index contributed by atoms with van der Waals surface area (Å²) in [5, 5.41) is 5.37. The van der Waals surface area contributed by atoms with Gasteiger partial charge in [0.1, 0.15) is 0 Å². The Balaban J connectivity index is 0.000000211. The van der Waals surface area contributed by atoms with Crippen LogP contribution in [0.5, 0.6) is 0 Å². The second-order valence-corrected chi connectivity index (χ2v) is 22.1. The van der Waals surface area contributed by atoms with Crippen molar-refractivity contribution in [3.63, 3.8) is 0 Å². The molecule has 0 aliphatic rings. The van der Waals surface area contributed by atoms with E-state index in [2.05, 4.69) is 232 Å². The number of hydrogen-bond acceptors (Lipinski definition) is 0. The number of hydrogen-bond donors (Lipinski definition) is 0. The number of rotatable bonds is 5. The molecule has 0 unspecified atom stereocenters. The quantitative estimate of drug-likeness (QED) is 0.119. The number of halogens is 2. The monoisotopic (exact) mass is 906 g/mol. The van der Waals surface area contributed by atoms with Crippen molar-refractivity contribution in [2.24, 2.45) is 0 Å². The molecule has 0 nitrogen and oxygen atoms in total. The van der Waals surface area contributed by atoms with Crippen LogP contribution in [0.15, 0.2) is 164 Å². The number of aryl methyl sites for hydroxylation is 2. The summed E-state index contributed by atoms with van der Waals surface area (Å²) in [5.74, 6) is 0.223. The van der Waals surface area contributed by atoms with Gasteiger partial charge in [-0.3, -0.25) is 0 Å². The second kappa shape index (κ2) is 21.1. The molecule has 59 heavy (non-hydrogen) atoms. The van der Waals surface area contributed by atoms with Crippen LogP contribution in [0.25, 0.3) is 43.8 Å². The fraction of sp³-hybridized carbons (Fsp3) is 0.236. The molecular formula is C55H58Cl2SiZr. The normalized spacial score (nSPS) is 11.2. The minimum absolute atomic E-state index is 0.163. The van der Waals surface area contributed by atoms with Gasteiger partial charge in [0.25, 0.3) is 0 Å². The van der Waals surface area contributed by atoms with Gasteiger partial charge >= 0.3 is 37.9 Å². The van der Waals surface area contributed by atoms with Crippen LogP contribution in [0.3, 0.4) is 0 Å². The number of benzene rings is 6. The van der Waals surface area contributed by atoms with E-state index in [0.29, 0.717) is 0 Å². The predicted octanol–water partition coefficient (Wildman–Crippen LogP) is 17.0. The van der Waals surface area contributed by atoms with Gasteiger partial charge in [-0.1, -0.05) is 201 Å². The molecule has 0 aliphatic carbocycles. The summed E-state index contributed by atoms with van der Waals surface area (Å²) in [6, 6.07) is 60.3. The molecule has 0 bridgehead atoms. The summed E-state index contributed by atoms with van der Waals surface area (Å²) in [7, 11) is 11.0. The van der Waals surface area contributed by atoms with E-state index in [1.165, 1.54) is 82.7 Å². The molecule has 0 heterocycles. The summed E-state index contributed by atoms with van der Waals surface area (Å²) >= 11 is -0.826. The van der Waals surface area contributed by atoms with Gasteiger partial charge in [-0.2, -0.15) is 12.1 Å². The van der Waals surface area contributed by atoms with Gasteiger partial charge in [0.05, 0.1) is 0 Å². The van der Waals surface area contributed by atoms with Crippen molar-refractivity contribution in [1.82, 2.24) is 0 Å². The second-order valence-electron chi connectivity index (χ2n) is 17.4. The molecule has 8 aromatic rings. The zero-order chi connectivity index (χ0) is 42.7. The van der Waals surface area contributed by atoms with Crippen molar-refractivity contribution in [2.45, 2.75) is 85.2 Å². The summed E-state index contributed by atoms with van der Waals surface area (Å²) in [6.07, 6.45) is 0. The predicted molar refractivity (Wildman–Crippen MR) is 260 cm³/mol. The van der Waals surface area contributed by atoms with Gasteiger partial charge in [0.15, 0.2) is 0 Å². The van der Waals surface area contributed by atoms with Crippen molar-refractivity contribution in [1.29, 1.82) is 0 Å². The Kier molecular flexibility index (Phi) is 16.6. The third kappa shape index (κ3) is 12.0. The Bertz CT molecular complexity index is 2460. The van der Waals surface area contributed by atoms with Gasteiger partial charge in [-0.15, -0.1) is 68.6 Å². The van der Waals surface area contributed by atoms with E-state index < -0.39 is 20.8 Å². The molecule has 0 saturated carbocycles. The molecule has 0 N–H and O–H groups in total. The van der Waals surface area contributed by atoms with E-state index in [4.69, 9.17) is 17.0 Å². The van der Waals surface area contributed by atoms with Gasteiger partial charge in [-0.25, -0.2) is 0 Å². The van der Waals surface area contributed by atoms with Crippen molar-refractivity contribution in [2.75, 3.05) is 0 Å². The Labute approximate surface area is 376 Å². The molecule has 4 heteroatoms. The van der Waals surface area contributed by atoms with Crippen LogP contribution >= 0.6 is 17.0 Å². The molecule has 0 atom stereocenters. The third-order valence-electron chi connectivity index (χ3n) is 10.7. The molecule has 0 spiro atoms. The molecule has 8 rings (SSSR count). The molecule has 0 aliphatic heterocycles. The average Bonchev–Trinajstić information content (AvgIpc) is 3.83. The molecule has 0 amide bonds. The van der Waals surface area contributed by atoms with Crippen LogP contribution in [0.1, 0.15) is 86.4 Å². The van der Waals surface area contributed by atoms with Crippen molar-refractivity contribution in [3.8, 4) is 22.3 Å².